The second-order valence-corrected chi connectivity index (χ2v) is 6.76. The molecule has 0 saturated heterocycles. The Morgan fingerprint density at radius 3 is 2.75 bits per heavy atom. The number of esters is 1. The number of ether oxygens (including phenoxy) is 2. The van der Waals surface area contributed by atoms with Crippen molar-refractivity contribution in [2.24, 2.45) is 0 Å². The van der Waals surface area contributed by atoms with Crippen molar-refractivity contribution in [2.45, 2.75) is 37.6 Å². The van der Waals surface area contributed by atoms with Gasteiger partial charge in [0, 0.05) is 26.0 Å². The lowest BCUT2D eigenvalue weighted by atomic mass is 10.2. The number of allylic oxidation sites excluding steroid dienone is 1. The minimum absolute atomic E-state index is 0.359. The van der Waals surface area contributed by atoms with E-state index in [0.717, 1.165) is 23.0 Å². The zero-order valence-electron chi connectivity index (χ0n) is 13.5. The SMILES string of the molecule is CC1(C)OC(=O)C=C(CCCSc2nnnn2-c2ccccc2)O1. The van der Waals surface area contributed by atoms with Crippen LogP contribution in [0.5, 0.6) is 0 Å². The smallest absolute Gasteiger partial charge is 0.337 e. The van der Waals surface area contributed by atoms with Crippen molar-refractivity contribution in [3.05, 3.63) is 42.2 Å². The van der Waals surface area contributed by atoms with Crippen LogP contribution in [0.1, 0.15) is 26.7 Å². The van der Waals surface area contributed by atoms with E-state index in [9.17, 15) is 4.79 Å². The molecule has 7 nitrogen and oxygen atoms in total. The molecule has 1 aliphatic heterocycles. The third-order valence-electron chi connectivity index (χ3n) is 3.24. The van der Waals surface area contributed by atoms with E-state index in [1.165, 1.54) is 6.08 Å². The topological polar surface area (TPSA) is 79.1 Å². The molecule has 1 aromatic carbocycles. The molecule has 1 aliphatic rings. The molecule has 0 radical (unpaired) electrons. The van der Waals surface area contributed by atoms with Crippen molar-refractivity contribution in [1.82, 2.24) is 20.2 Å². The Hall–Kier alpha value is -2.35. The Morgan fingerprint density at radius 1 is 1.21 bits per heavy atom. The summed E-state index contributed by atoms with van der Waals surface area (Å²) in [4.78, 5) is 11.5. The molecular formula is C16H18N4O3S. The standard InChI is InChI=1S/C16H18N4O3S/c1-16(2)22-13(11-14(21)23-16)9-6-10-24-15-17-18-19-20(15)12-7-4-3-5-8-12/h3-5,7-8,11H,6,9-10H2,1-2H3. The lowest BCUT2D eigenvalue weighted by Crippen LogP contribution is -2.34. The minimum atomic E-state index is -0.897. The molecule has 3 rings (SSSR count). The maximum atomic E-state index is 11.5. The third kappa shape index (κ3) is 4.14. The van der Waals surface area contributed by atoms with Crippen molar-refractivity contribution < 1.29 is 14.3 Å². The summed E-state index contributed by atoms with van der Waals surface area (Å²) in [5, 5.41) is 12.6. The van der Waals surface area contributed by atoms with Gasteiger partial charge in [-0.3, -0.25) is 0 Å². The molecule has 24 heavy (non-hydrogen) atoms. The minimum Gasteiger partial charge on any atom is -0.457 e. The fraction of sp³-hybridized carbons (Fsp3) is 0.375. The third-order valence-corrected chi connectivity index (χ3v) is 4.25. The highest BCUT2D eigenvalue weighted by molar-refractivity contribution is 7.99. The first-order valence-corrected chi connectivity index (χ1v) is 8.61. The maximum absolute atomic E-state index is 11.5. The van der Waals surface area contributed by atoms with E-state index in [1.807, 2.05) is 30.3 Å². The highest BCUT2D eigenvalue weighted by Crippen LogP contribution is 2.26. The molecule has 1 aromatic heterocycles. The monoisotopic (exact) mass is 346 g/mol. The Labute approximate surface area is 144 Å². The van der Waals surface area contributed by atoms with Crippen LogP contribution in [0.2, 0.25) is 0 Å². The summed E-state index contributed by atoms with van der Waals surface area (Å²) >= 11 is 1.57. The Morgan fingerprint density at radius 2 is 2.00 bits per heavy atom. The second kappa shape index (κ2) is 7.04. The molecule has 0 saturated carbocycles. The lowest BCUT2D eigenvalue weighted by molar-refractivity contribution is -0.205. The zero-order chi connectivity index (χ0) is 17.0. The van der Waals surface area contributed by atoms with Crippen LogP contribution in [0.4, 0.5) is 0 Å². The van der Waals surface area contributed by atoms with Crippen molar-refractivity contribution in [1.29, 1.82) is 0 Å². The fourth-order valence-corrected chi connectivity index (χ4v) is 3.13. The quantitative estimate of drug-likeness (QED) is 0.452. The number of carbonyl (C=O) groups excluding carboxylic acids is 1. The molecule has 8 heteroatoms. The molecule has 0 unspecified atom stereocenters. The van der Waals surface area contributed by atoms with E-state index in [1.54, 1.807) is 30.3 Å². The molecule has 0 atom stereocenters. The first-order valence-electron chi connectivity index (χ1n) is 7.63. The molecule has 2 aromatic rings. The van der Waals surface area contributed by atoms with E-state index >= 15 is 0 Å². The second-order valence-electron chi connectivity index (χ2n) is 5.69. The highest BCUT2D eigenvalue weighted by Gasteiger charge is 2.29. The summed E-state index contributed by atoms with van der Waals surface area (Å²) in [7, 11) is 0. The molecule has 0 bridgehead atoms. The van der Waals surface area contributed by atoms with Crippen LogP contribution in [0, 0.1) is 0 Å². The van der Waals surface area contributed by atoms with E-state index in [4.69, 9.17) is 9.47 Å². The van der Waals surface area contributed by atoms with Crippen LogP contribution in [0.15, 0.2) is 47.3 Å². The van der Waals surface area contributed by atoms with Gasteiger partial charge in [-0.1, -0.05) is 30.0 Å². The lowest BCUT2D eigenvalue weighted by Gasteiger charge is -2.30. The summed E-state index contributed by atoms with van der Waals surface area (Å²) in [6.45, 7) is 3.45. The normalized spacial score (nSPS) is 16.2. The summed E-state index contributed by atoms with van der Waals surface area (Å²) in [6, 6.07) is 9.74. The number of thioether (sulfide) groups is 1. The van der Waals surface area contributed by atoms with Crippen molar-refractivity contribution in [2.75, 3.05) is 5.75 Å². The number of aromatic nitrogens is 4. The Balaban J connectivity index is 1.53. The summed E-state index contributed by atoms with van der Waals surface area (Å²) in [5.41, 5.74) is 0.924. The van der Waals surface area contributed by atoms with Gasteiger partial charge >= 0.3 is 5.97 Å². The van der Waals surface area contributed by atoms with Gasteiger partial charge in [-0.05, 0) is 29.0 Å². The Kier molecular flexibility index (Phi) is 4.84. The molecule has 2 heterocycles. The van der Waals surface area contributed by atoms with E-state index < -0.39 is 5.79 Å². The zero-order valence-corrected chi connectivity index (χ0v) is 14.3. The predicted octanol–water partition coefficient (Wildman–Crippen LogP) is 2.73. The van der Waals surface area contributed by atoms with E-state index in [0.29, 0.717) is 12.2 Å². The molecule has 0 aliphatic carbocycles. The number of carbonyl (C=O) groups is 1. The highest BCUT2D eigenvalue weighted by atomic mass is 32.2. The van der Waals surface area contributed by atoms with Crippen LogP contribution >= 0.6 is 11.8 Å². The van der Waals surface area contributed by atoms with Crippen molar-refractivity contribution in [3.8, 4) is 5.69 Å². The van der Waals surface area contributed by atoms with Gasteiger partial charge in [0.2, 0.25) is 10.9 Å². The fourth-order valence-electron chi connectivity index (χ4n) is 2.30. The molecular weight excluding hydrogens is 328 g/mol. The number of nitrogens with zero attached hydrogens (tertiary/aromatic N) is 4. The van der Waals surface area contributed by atoms with Gasteiger partial charge < -0.3 is 9.47 Å². The van der Waals surface area contributed by atoms with Crippen LogP contribution in [-0.4, -0.2) is 37.7 Å². The van der Waals surface area contributed by atoms with Gasteiger partial charge in [-0.15, -0.1) is 5.10 Å². The van der Waals surface area contributed by atoms with Crippen molar-refractivity contribution in [3.63, 3.8) is 0 Å². The van der Waals surface area contributed by atoms with Crippen molar-refractivity contribution >= 4 is 17.7 Å². The van der Waals surface area contributed by atoms with Gasteiger partial charge in [-0.25, -0.2) is 4.79 Å². The van der Waals surface area contributed by atoms with Gasteiger partial charge in [0.25, 0.3) is 0 Å². The van der Waals surface area contributed by atoms with Crippen LogP contribution in [-0.2, 0) is 14.3 Å². The first-order chi connectivity index (χ1) is 11.5. The number of benzene rings is 1. The average molecular weight is 346 g/mol. The summed E-state index contributed by atoms with van der Waals surface area (Å²) in [5.74, 6) is 0.205. The van der Waals surface area contributed by atoms with Gasteiger partial charge in [0.1, 0.15) is 5.76 Å². The largest absolute Gasteiger partial charge is 0.457 e. The van der Waals surface area contributed by atoms with Gasteiger partial charge in [0.15, 0.2) is 0 Å². The summed E-state index contributed by atoms with van der Waals surface area (Å²) < 4.78 is 12.4. The number of rotatable bonds is 6. The number of hydrogen-bond acceptors (Lipinski definition) is 7. The number of tetrazole rings is 1. The van der Waals surface area contributed by atoms with Gasteiger partial charge in [-0.2, -0.15) is 4.68 Å². The predicted molar refractivity (Wildman–Crippen MR) is 88.5 cm³/mol. The maximum Gasteiger partial charge on any atom is 0.337 e. The molecule has 0 N–H and O–H groups in total. The molecule has 0 spiro atoms. The van der Waals surface area contributed by atoms with Crippen LogP contribution < -0.4 is 0 Å². The Bertz CT molecular complexity index is 743. The average Bonchev–Trinajstić information content (AvgIpc) is 2.99. The first kappa shape index (κ1) is 16.5. The van der Waals surface area contributed by atoms with E-state index in [2.05, 4.69) is 15.5 Å². The van der Waals surface area contributed by atoms with E-state index in [-0.39, 0.29) is 5.97 Å². The molecule has 0 fully saturated rings. The number of para-hydroxylation sites is 1. The molecule has 0 amide bonds. The summed E-state index contributed by atoms with van der Waals surface area (Å²) in [6.07, 6.45) is 2.91. The van der Waals surface area contributed by atoms with Crippen LogP contribution in [0.25, 0.3) is 5.69 Å². The molecule has 126 valence electrons. The van der Waals surface area contributed by atoms with Crippen LogP contribution in [0.3, 0.4) is 0 Å². The van der Waals surface area contributed by atoms with Gasteiger partial charge in [0.05, 0.1) is 11.8 Å². The number of hydrogen-bond donors (Lipinski definition) is 0. The number of cyclic esters (lactones) is 1.